The molecule has 6 rings (SSSR count). The molecule has 170 valence electrons. The van der Waals surface area contributed by atoms with Gasteiger partial charge in [0.25, 0.3) is 11.5 Å². The van der Waals surface area contributed by atoms with Gasteiger partial charge in [-0.05, 0) is 61.8 Å². The van der Waals surface area contributed by atoms with Gasteiger partial charge in [-0.25, -0.2) is 4.79 Å². The molecule has 7 heteroatoms. The van der Waals surface area contributed by atoms with Gasteiger partial charge < -0.3 is 18.6 Å². The molecule has 1 fully saturated rings. The van der Waals surface area contributed by atoms with E-state index >= 15 is 0 Å². The maximum Gasteiger partial charge on any atom is 0.339 e. The average molecular weight is 447 g/mol. The van der Waals surface area contributed by atoms with Gasteiger partial charge in [-0.2, -0.15) is 0 Å². The van der Waals surface area contributed by atoms with E-state index in [0.29, 0.717) is 31.0 Å². The Morgan fingerprint density at radius 1 is 1.03 bits per heavy atom. The second-order valence-corrected chi connectivity index (χ2v) is 9.50. The number of pyridine rings is 1. The zero-order valence-corrected chi connectivity index (χ0v) is 18.4. The lowest BCUT2D eigenvalue weighted by Crippen LogP contribution is -2.50. The number of aryl methyl sites for hydroxylation is 1. The van der Waals surface area contributed by atoms with Crippen molar-refractivity contribution in [3.05, 3.63) is 74.0 Å². The molecule has 33 heavy (non-hydrogen) atoms. The smallest absolute Gasteiger partial charge is 0.339 e. The van der Waals surface area contributed by atoms with Crippen molar-refractivity contribution in [2.24, 2.45) is 5.92 Å². The molecule has 1 aromatic carbocycles. The fourth-order valence-corrected chi connectivity index (χ4v) is 5.85. The Kier molecular flexibility index (Phi) is 4.85. The van der Waals surface area contributed by atoms with Crippen LogP contribution in [0.3, 0.4) is 0 Å². The van der Waals surface area contributed by atoms with E-state index in [1.807, 2.05) is 27.7 Å². The van der Waals surface area contributed by atoms with E-state index < -0.39 is 0 Å². The molecule has 3 aliphatic rings. The second-order valence-electron chi connectivity index (χ2n) is 9.50. The van der Waals surface area contributed by atoms with Gasteiger partial charge in [-0.15, -0.1) is 0 Å². The van der Waals surface area contributed by atoms with Gasteiger partial charge in [-0.3, -0.25) is 9.59 Å². The summed E-state index contributed by atoms with van der Waals surface area (Å²) in [5.74, 6) is 0.908. The summed E-state index contributed by atoms with van der Waals surface area (Å²) < 4.78 is 13.2. The molecule has 0 saturated carbocycles. The van der Waals surface area contributed by atoms with Gasteiger partial charge >= 0.3 is 5.63 Å². The van der Waals surface area contributed by atoms with Crippen molar-refractivity contribution in [1.29, 1.82) is 0 Å². The Labute approximate surface area is 190 Å². The van der Waals surface area contributed by atoms with Crippen molar-refractivity contribution in [1.82, 2.24) is 9.47 Å². The molecule has 4 heterocycles. The van der Waals surface area contributed by atoms with Crippen LogP contribution in [0.15, 0.2) is 50.4 Å². The molecule has 2 aromatic heterocycles. The van der Waals surface area contributed by atoms with Crippen LogP contribution >= 0.6 is 0 Å². The summed E-state index contributed by atoms with van der Waals surface area (Å²) in [7, 11) is 0. The highest BCUT2D eigenvalue weighted by Gasteiger charge is 2.36. The van der Waals surface area contributed by atoms with Crippen molar-refractivity contribution in [3.63, 3.8) is 0 Å². The first-order valence-corrected chi connectivity index (χ1v) is 11.8. The number of piperidine rings is 1. The fraction of sp³-hybridized carbons (Fsp3) is 0.423. The Bertz CT molecular complexity index is 1370. The van der Waals surface area contributed by atoms with E-state index in [1.165, 1.54) is 0 Å². The Morgan fingerprint density at radius 3 is 2.76 bits per heavy atom. The molecule has 2 atom stereocenters. The fourth-order valence-electron chi connectivity index (χ4n) is 5.85. The van der Waals surface area contributed by atoms with E-state index in [4.69, 9.17) is 9.15 Å². The Morgan fingerprint density at radius 2 is 1.88 bits per heavy atom. The molecule has 2 aliphatic heterocycles. The monoisotopic (exact) mass is 446 g/mol. The summed E-state index contributed by atoms with van der Waals surface area (Å²) in [6.45, 7) is 1.82. The maximum atomic E-state index is 12.9. The zero-order valence-electron chi connectivity index (χ0n) is 18.4. The minimum atomic E-state index is -0.260. The van der Waals surface area contributed by atoms with Gasteiger partial charge in [0, 0.05) is 54.3 Å². The molecule has 1 aliphatic carbocycles. The lowest BCUT2D eigenvalue weighted by atomic mass is 9.83. The molecule has 3 aromatic rings. The van der Waals surface area contributed by atoms with Crippen molar-refractivity contribution >= 4 is 16.9 Å². The van der Waals surface area contributed by atoms with Crippen molar-refractivity contribution in [2.75, 3.05) is 19.7 Å². The van der Waals surface area contributed by atoms with Gasteiger partial charge in [0.1, 0.15) is 11.3 Å². The second kappa shape index (κ2) is 7.90. The van der Waals surface area contributed by atoms with Crippen LogP contribution in [-0.2, 0) is 24.2 Å². The number of ether oxygens (including phenoxy) is 1. The third-order valence-corrected chi connectivity index (χ3v) is 7.39. The summed E-state index contributed by atoms with van der Waals surface area (Å²) in [5, 5.41) is 0.959. The van der Waals surface area contributed by atoms with Crippen molar-refractivity contribution in [3.8, 4) is 5.75 Å². The van der Waals surface area contributed by atoms with Gasteiger partial charge in [0.15, 0.2) is 6.61 Å². The lowest BCUT2D eigenvalue weighted by Gasteiger charge is -2.42. The van der Waals surface area contributed by atoms with E-state index in [9.17, 15) is 14.4 Å². The summed E-state index contributed by atoms with van der Waals surface area (Å²) >= 11 is 0. The molecule has 1 saturated heterocycles. The number of hydrogen-bond acceptors (Lipinski definition) is 5. The highest BCUT2D eigenvalue weighted by Crippen LogP contribution is 2.35. The summed E-state index contributed by atoms with van der Waals surface area (Å²) in [6.07, 6.45) is 4.77. The predicted octanol–water partition coefficient (Wildman–Crippen LogP) is 2.86. The molecular formula is C26H26N2O5. The van der Waals surface area contributed by atoms with Crippen LogP contribution in [0.5, 0.6) is 5.75 Å². The Balaban J connectivity index is 1.17. The van der Waals surface area contributed by atoms with E-state index in [0.717, 1.165) is 54.3 Å². The van der Waals surface area contributed by atoms with Crippen LogP contribution in [0, 0.1) is 5.92 Å². The average Bonchev–Trinajstić information content (AvgIpc) is 2.83. The van der Waals surface area contributed by atoms with Crippen molar-refractivity contribution < 1.29 is 13.9 Å². The normalized spacial score (nSPS) is 21.4. The number of rotatable bonds is 3. The minimum absolute atomic E-state index is 0.0366. The molecule has 0 spiro atoms. The first-order chi connectivity index (χ1) is 16.1. The summed E-state index contributed by atoms with van der Waals surface area (Å²) in [4.78, 5) is 39.4. The molecule has 0 radical (unpaired) electrons. The van der Waals surface area contributed by atoms with Gasteiger partial charge in [-0.1, -0.05) is 6.07 Å². The largest absolute Gasteiger partial charge is 0.484 e. The molecule has 0 N–H and O–H groups in total. The Hall–Kier alpha value is -3.35. The standard InChI is InChI=1S/C26H26N2O5/c29-24-7-3-6-22-17-10-16(13-28(22)24)12-27(14-17)25(30)15-32-18-8-9-20-19-4-1-2-5-21(19)26(31)33-23(20)11-18/h3,6-9,11,16-17H,1-2,4-5,10,12-15H2/t16-,17+/m0/s1. The SMILES string of the molecule is O=C(COc1ccc2c3c(c(=O)oc2c1)CCCC3)N1C[C@@H]2C[C@H](C1)c1cccc(=O)n1C2. The quantitative estimate of drug-likeness (QED) is 0.578. The number of hydrogen-bond donors (Lipinski definition) is 0. The number of fused-ring (bicyclic) bond motifs is 7. The first kappa shape index (κ1) is 20.3. The van der Waals surface area contributed by atoms with Gasteiger partial charge in [0.2, 0.25) is 0 Å². The number of aromatic nitrogens is 1. The van der Waals surface area contributed by atoms with E-state index in [1.54, 1.807) is 18.2 Å². The molecule has 7 nitrogen and oxygen atoms in total. The topological polar surface area (TPSA) is 81.8 Å². The highest BCUT2D eigenvalue weighted by atomic mass is 16.5. The van der Waals surface area contributed by atoms with Crippen LogP contribution in [0.1, 0.15) is 42.0 Å². The van der Waals surface area contributed by atoms with Crippen LogP contribution in [0.4, 0.5) is 0 Å². The third kappa shape index (κ3) is 3.56. The zero-order chi connectivity index (χ0) is 22.5. The van der Waals surface area contributed by atoms with Crippen LogP contribution in [0.2, 0.25) is 0 Å². The van der Waals surface area contributed by atoms with Crippen LogP contribution < -0.4 is 15.9 Å². The minimum Gasteiger partial charge on any atom is -0.484 e. The van der Waals surface area contributed by atoms with Gasteiger partial charge in [0.05, 0.1) is 0 Å². The number of nitrogens with zero attached hydrogens (tertiary/aromatic N) is 2. The number of carbonyl (C=O) groups excluding carboxylic acids is 1. The first-order valence-electron chi connectivity index (χ1n) is 11.8. The predicted molar refractivity (Wildman–Crippen MR) is 123 cm³/mol. The number of amides is 1. The van der Waals surface area contributed by atoms with E-state index in [-0.39, 0.29) is 35.5 Å². The van der Waals surface area contributed by atoms with Crippen LogP contribution in [0.25, 0.3) is 11.0 Å². The number of likely N-dealkylation sites (tertiary alicyclic amines) is 1. The maximum absolute atomic E-state index is 12.9. The summed E-state index contributed by atoms with van der Waals surface area (Å²) in [5.41, 5.74) is 3.20. The highest BCUT2D eigenvalue weighted by molar-refractivity contribution is 5.83. The summed E-state index contributed by atoms with van der Waals surface area (Å²) in [6, 6.07) is 10.9. The third-order valence-electron chi connectivity index (χ3n) is 7.39. The van der Waals surface area contributed by atoms with Crippen LogP contribution in [-0.4, -0.2) is 35.1 Å². The molecule has 0 unspecified atom stereocenters. The molecule has 1 amide bonds. The van der Waals surface area contributed by atoms with Crippen molar-refractivity contribution in [2.45, 2.75) is 44.6 Å². The van der Waals surface area contributed by atoms with E-state index in [2.05, 4.69) is 0 Å². The number of benzene rings is 1. The lowest BCUT2D eigenvalue weighted by molar-refractivity contribution is -0.136. The number of carbonyl (C=O) groups is 1. The molecule has 2 bridgehead atoms. The molecular weight excluding hydrogens is 420 g/mol.